The van der Waals surface area contributed by atoms with Gasteiger partial charge in [0.1, 0.15) is 0 Å². The second-order valence-electron chi connectivity index (χ2n) is 5.52. The Bertz CT molecular complexity index is 675. The predicted octanol–water partition coefficient (Wildman–Crippen LogP) is 2.64. The highest BCUT2D eigenvalue weighted by molar-refractivity contribution is 5.96. The molecule has 0 N–H and O–H groups in total. The molecule has 1 aromatic carbocycles. The first kappa shape index (κ1) is 14.6. The minimum absolute atomic E-state index is 0.0174. The molecule has 1 aliphatic rings. The monoisotopic (exact) mass is 301 g/mol. The number of rotatable bonds is 4. The molecule has 1 fully saturated rings. The number of aryl methyl sites for hydroxylation is 2. The van der Waals surface area contributed by atoms with E-state index in [0.717, 1.165) is 37.2 Å². The Hall–Kier alpha value is -2.37. The quantitative estimate of drug-likeness (QED) is 0.809. The van der Waals surface area contributed by atoms with Crippen molar-refractivity contribution in [3.8, 4) is 0 Å². The molecule has 6 nitrogen and oxygen atoms in total. The van der Waals surface area contributed by atoms with Crippen LogP contribution in [0.15, 0.2) is 22.7 Å². The van der Waals surface area contributed by atoms with Crippen LogP contribution in [-0.4, -0.2) is 29.2 Å². The largest absolute Gasteiger partial charge is 0.454 e. The molecule has 0 radical (unpaired) electrons. The van der Waals surface area contributed by atoms with Crippen LogP contribution in [0.25, 0.3) is 0 Å². The summed E-state index contributed by atoms with van der Waals surface area (Å²) in [6.07, 6.45) is 2.31. The summed E-state index contributed by atoms with van der Waals surface area (Å²) < 4.78 is 10.2. The molecule has 0 unspecified atom stereocenters. The van der Waals surface area contributed by atoms with Gasteiger partial charge in [0.15, 0.2) is 6.61 Å². The number of esters is 1. The van der Waals surface area contributed by atoms with Crippen molar-refractivity contribution in [1.82, 2.24) is 10.1 Å². The average molecular weight is 301 g/mol. The van der Waals surface area contributed by atoms with Gasteiger partial charge in [-0.05, 0) is 31.9 Å². The summed E-state index contributed by atoms with van der Waals surface area (Å²) in [5, 5.41) is 3.73. The average Bonchev–Trinajstić information content (AvgIpc) is 3.16. The molecule has 116 valence electrons. The van der Waals surface area contributed by atoms with Crippen LogP contribution in [0, 0.1) is 13.8 Å². The molecule has 1 saturated heterocycles. The summed E-state index contributed by atoms with van der Waals surface area (Å²) in [5.74, 6) is 0.480. The fourth-order valence-electron chi connectivity index (χ4n) is 2.65. The zero-order valence-corrected chi connectivity index (χ0v) is 12.8. The van der Waals surface area contributed by atoms with Crippen LogP contribution in [0.5, 0.6) is 0 Å². The van der Waals surface area contributed by atoms with Crippen LogP contribution in [0.4, 0.5) is 5.69 Å². The number of carbonyl (C=O) groups excluding carboxylic acids is 1. The van der Waals surface area contributed by atoms with Gasteiger partial charge < -0.3 is 14.2 Å². The third-order valence-electron chi connectivity index (χ3n) is 3.72. The smallest absolute Gasteiger partial charge is 0.340 e. The van der Waals surface area contributed by atoms with Gasteiger partial charge in [-0.15, -0.1) is 0 Å². The van der Waals surface area contributed by atoms with Gasteiger partial charge in [0.2, 0.25) is 11.7 Å². The fraction of sp³-hybridized carbons (Fsp3) is 0.438. The molecule has 0 bridgehead atoms. The fourth-order valence-corrected chi connectivity index (χ4v) is 2.65. The molecule has 0 atom stereocenters. The molecule has 2 aromatic rings. The van der Waals surface area contributed by atoms with E-state index in [2.05, 4.69) is 15.0 Å². The lowest BCUT2D eigenvalue weighted by Gasteiger charge is -2.21. The lowest BCUT2D eigenvalue weighted by atomic mass is 10.1. The minimum atomic E-state index is -0.354. The van der Waals surface area contributed by atoms with E-state index in [1.165, 1.54) is 0 Å². The molecule has 2 heterocycles. The predicted molar refractivity (Wildman–Crippen MR) is 80.8 cm³/mol. The molecule has 0 spiro atoms. The van der Waals surface area contributed by atoms with Crippen LogP contribution in [0.2, 0.25) is 0 Å². The van der Waals surface area contributed by atoms with Crippen LogP contribution < -0.4 is 4.90 Å². The molecule has 0 saturated carbocycles. The van der Waals surface area contributed by atoms with Gasteiger partial charge in [0.25, 0.3) is 0 Å². The Labute approximate surface area is 129 Å². The SMILES string of the molecule is Cc1ccc(N2CCCC2)c(C(=O)OCc2noc(C)n2)c1. The van der Waals surface area contributed by atoms with Crippen LogP contribution in [0.1, 0.15) is 40.5 Å². The van der Waals surface area contributed by atoms with E-state index < -0.39 is 0 Å². The highest BCUT2D eigenvalue weighted by atomic mass is 16.5. The van der Waals surface area contributed by atoms with Gasteiger partial charge >= 0.3 is 5.97 Å². The molecule has 1 aliphatic heterocycles. The third-order valence-corrected chi connectivity index (χ3v) is 3.72. The van der Waals surface area contributed by atoms with Gasteiger partial charge in [-0.25, -0.2) is 4.79 Å². The van der Waals surface area contributed by atoms with Crippen molar-refractivity contribution in [3.05, 3.63) is 41.0 Å². The number of hydrogen-bond acceptors (Lipinski definition) is 6. The van der Waals surface area contributed by atoms with Crippen molar-refractivity contribution >= 4 is 11.7 Å². The highest BCUT2D eigenvalue weighted by Gasteiger charge is 2.21. The van der Waals surface area contributed by atoms with E-state index in [1.807, 2.05) is 25.1 Å². The molecule has 3 rings (SSSR count). The van der Waals surface area contributed by atoms with Gasteiger partial charge in [0, 0.05) is 20.0 Å². The Balaban J connectivity index is 1.77. The summed E-state index contributed by atoms with van der Waals surface area (Å²) >= 11 is 0. The van der Waals surface area contributed by atoms with Gasteiger partial charge in [-0.2, -0.15) is 4.98 Å². The number of nitrogens with zero attached hydrogens (tertiary/aromatic N) is 3. The van der Waals surface area contributed by atoms with Crippen LogP contribution >= 0.6 is 0 Å². The molecule has 22 heavy (non-hydrogen) atoms. The van der Waals surface area contributed by atoms with Crippen LogP contribution in [-0.2, 0) is 11.3 Å². The van der Waals surface area contributed by atoms with E-state index in [1.54, 1.807) is 6.92 Å². The lowest BCUT2D eigenvalue weighted by molar-refractivity contribution is 0.0460. The van der Waals surface area contributed by atoms with Crippen LogP contribution in [0.3, 0.4) is 0 Å². The minimum Gasteiger partial charge on any atom is -0.454 e. The topological polar surface area (TPSA) is 68.5 Å². The maximum atomic E-state index is 12.4. The van der Waals surface area contributed by atoms with Crippen molar-refractivity contribution in [2.24, 2.45) is 0 Å². The van der Waals surface area contributed by atoms with Gasteiger partial charge in [0.05, 0.1) is 11.3 Å². The Morgan fingerprint density at radius 1 is 1.32 bits per heavy atom. The van der Waals surface area contributed by atoms with E-state index in [-0.39, 0.29) is 12.6 Å². The number of hydrogen-bond donors (Lipinski definition) is 0. The van der Waals surface area contributed by atoms with E-state index >= 15 is 0 Å². The molecule has 0 amide bonds. The number of carbonyl (C=O) groups is 1. The molecule has 0 aliphatic carbocycles. The number of anilines is 1. The van der Waals surface area contributed by atoms with Gasteiger partial charge in [-0.1, -0.05) is 16.8 Å². The van der Waals surface area contributed by atoms with Crippen molar-refractivity contribution in [2.45, 2.75) is 33.3 Å². The number of aromatic nitrogens is 2. The van der Waals surface area contributed by atoms with E-state index in [4.69, 9.17) is 9.26 Å². The molecular formula is C16H19N3O3. The number of ether oxygens (including phenoxy) is 1. The third kappa shape index (κ3) is 3.10. The van der Waals surface area contributed by atoms with Crippen molar-refractivity contribution in [3.63, 3.8) is 0 Å². The summed E-state index contributed by atoms with van der Waals surface area (Å²) in [5.41, 5.74) is 2.57. The maximum absolute atomic E-state index is 12.4. The molecular weight excluding hydrogens is 282 g/mol. The molecule has 1 aromatic heterocycles. The van der Waals surface area contributed by atoms with Crippen molar-refractivity contribution < 1.29 is 14.1 Å². The summed E-state index contributed by atoms with van der Waals surface area (Å²) in [6, 6.07) is 5.89. The summed E-state index contributed by atoms with van der Waals surface area (Å²) in [6.45, 7) is 5.64. The van der Waals surface area contributed by atoms with Crippen molar-refractivity contribution in [2.75, 3.05) is 18.0 Å². The lowest BCUT2D eigenvalue weighted by Crippen LogP contribution is -2.21. The first-order chi connectivity index (χ1) is 10.6. The van der Waals surface area contributed by atoms with E-state index in [9.17, 15) is 4.79 Å². The van der Waals surface area contributed by atoms with E-state index in [0.29, 0.717) is 17.3 Å². The molecule has 6 heteroatoms. The normalized spacial score (nSPS) is 14.4. The Kier molecular flexibility index (Phi) is 4.09. The standard InChI is InChI=1S/C16H19N3O3/c1-11-5-6-14(19-7-3-4-8-19)13(9-11)16(20)21-10-15-17-12(2)22-18-15/h5-6,9H,3-4,7-8,10H2,1-2H3. The Morgan fingerprint density at radius 2 is 2.09 bits per heavy atom. The second-order valence-corrected chi connectivity index (χ2v) is 5.52. The second kappa shape index (κ2) is 6.17. The zero-order chi connectivity index (χ0) is 15.5. The highest BCUT2D eigenvalue weighted by Crippen LogP contribution is 2.26. The Morgan fingerprint density at radius 3 is 2.77 bits per heavy atom. The summed E-state index contributed by atoms with van der Waals surface area (Å²) in [7, 11) is 0. The van der Waals surface area contributed by atoms with Gasteiger partial charge in [-0.3, -0.25) is 0 Å². The zero-order valence-electron chi connectivity index (χ0n) is 12.8. The maximum Gasteiger partial charge on any atom is 0.340 e. The first-order valence-corrected chi connectivity index (χ1v) is 7.45. The first-order valence-electron chi connectivity index (χ1n) is 7.45. The van der Waals surface area contributed by atoms with Crippen molar-refractivity contribution in [1.29, 1.82) is 0 Å². The number of benzene rings is 1. The summed E-state index contributed by atoms with van der Waals surface area (Å²) in [4.78, 5) is 18.7.